The van der Waals surface area contributed by atoms with Crippen LogP contribution in [-0.2, 0) is 0 Å². The summed E-state index contributed by atoms with van der Waals surface area (Å²) in [5, 5.41) is 3.53. The number of aliphatic imine (C=N–C) groups is 1. The fourth-order valence-electron chi connectivity index (χ4n) is 2.07. The average Bonchev–Trinajstić information content (AvgIpc) is 2.43. The number of benzene rings is 1. The van der Waals surface area contributed by atoms with Gasteiger partial charge >= 0.3 is 0 Å². The minimum atomic E-state index is -0.707. The maximum absolute atomic E-state index is 13.7. The number of nitrogens with one attached hydrogen (secondary N) is 1. The van der Waals surface area contributed by atoms with Gasteiger partial charge in [-0.1, -0.05) is 37.2 Å². The number of halogens is 3. The Morgan fingerprint density at radius 2 is 2.05 bits per heavy atom. The van der Waals surface area contributed by atoms with Crippen molar-refractivity contribution in [1.82, 2.24) is 0 Å². The van der Waals surface area contributed by atoms with Gasteiger partial charge in [-0.2, -0.15) is 0 Å². The highest BCUT2D eigenvalue weighted by atomic mass is 35.5. The fraction of sp³-hybridized carbons (Fsp3) is 0.500. The van der Waals surface area contributed by atoms with Crippen molar-refractivity contribution < 1.29 is 8.78 Å². The molecule has 1 aromatic rings. The molecule has 0 radical (unpaired) electrons. The predicted molar refractivity (Wildman–Crippen MR) is 82.8 cm³/mol. The van der Waals surface area contributed by atoms with Gasteiger partial charge in [-0.05, 0) is 24.3 Å². The summed E-state index contributed by atoms with van der Waals surface area (Å²) < 4.78 is 26.7. The first-order chi connectivity index (χ1) is 9.49. The highest BCUT2D eigenvalue weighted by Crippen LogP contribution is 2.36. The topological polar surface area (TPSA) is 24.4 Å². The van der Waals surface area contributed by atoms with Crippen LogP contribution in [0.4, 0.5) is 14.5 Å². The average molecular weight is 319 g/mol. The Balaban J connectivity index is 2.15. The Labute approximate surface area is 127 Å². The number of amidine groups is 1. The van der Waals surface area contributed by atoms with Gasteiger partial charge in [0.25, 0.3) is 0 Å². The minimum absolute atomic E-state index is 0.0219. The maximum atomic E-state index is 13.7. The van der Waals surface area contributed by atoms with Crippen molar-refractivity contribution in [2.24, 2.45) is 10.4 Å². The van der Waals surface area contributed by atoms with Crippen LogP contribution in [0, 0.1) is 17.0 Å². The van der Waals surface area contributed by atoms with E-state index in [1.807, 2.05) is 0 Å². The Bertz CT molecular complexity index is 507. The van der Waals surface area contributed by atoms with E-state index in [-0.39, 0.29) is 16.1 Å². The summed E-state index contributed by atoms with van der Waals surface area (Å²) in [4.78, 5) is 4.47. The second-order valence-electron chi connectivity index (χ2n) is 4.99. The van der Waals surface area contributed by atoms with Crippen molar-refractivity contribution in [3.05, 3.63) is 28.8 Å². The quantitative estimate of drug-likeness (QED) is 0.853. The molecule has 0 saturated heterocycles. The van der Waals surface area contributed by atoms with E-state index in [4.69, 9.17) is 11.6 Å². The third-order valence-corrected chi connectivity index (χ3v) is 5.37. The smallest absolute Gasteiger partial charge is 0.161 e. The minimum Gasteiger partial charge on any atom is -0.331 e. The molecule has 0 atom stereocenters. The lowest BCUT2D eigenvalue weighted by atomic mass is 9.84. The zero-order valence-corrected chi connectivity index (χ0v) is 13.0. The molecule has 1 aliphatic rings. The zero-order valence-electron chi connectivity index (χ0n) is 11.5. The van der Waals surface area contributed by atoms with E-state index in [0.29, 0.717) is 5.17 Å². The molecule has 2 rings (SSSR count). The maximum Gasteiger partial charge on any atom is 0.161 e. The van der Waals surface area contributed by atoms with Gasteiger partial charge in [-0.25, -0.2) is 8.78 Å². The first kappa shape index (κ1) is 15.6. The number of hydrogen-bond donors (Lipinski definition) is 1. The molecule has 0 unspecified atom stereocenters. The van der Waals surface area contributed by atoms with E-state index in [1.165, 1.54) is 0 Å². The third kappa shape index (κ3) is 3.26. The molecular formula is C14H17ClF2N2S. The monoisotopic (exact) mass is 318 g/mol. The lowest BCUT2D eigenvalue weighted by molar-refractivity contribution is 0.318. The van der Waals surface area contributed by atoms with Crippen LogP contribution in [0.3, 0.4) is 0 Å². The lowest BCUT2D eigenvalue weighted by Gasteiger charge is -2.33. The van der Waals surface area contributed by atoms with Crippen LogP contribution in [0.5, 0.6) is 0 Å². The van der Waals surface area contributed by atoms with Gasteiger partial charge in [0.15, 0.2) is 11.0 Å². The van der Waals surface area contributed by atoms with Gasteiger partial charge in [0.2, 0.25) is 0 Å². The molecule has 0 spiro atoms. The normalized spacial score (nSPS) is 17.8. The standard InChI is InChI=1S/C14H17ClF2N2S/c1-3-14(4-2)7-18-13(20-8-14)19-12-10(15)5-9(16)6-11(12)17/h5-6H,3-4,7-8H2,1-2H3,(H,18,19). The summed E-state index contributed by atoms with van der Waals surface area (Å²) in [6.45, 7) is 5.04. The molecule has 1 aromatic carbocycles. The van der Waals surface area contributed by atoms with Crippen molar-refractivity contribution >= 4 is 34.2 Å². The van der Waals surface area contributed by atoms with E-state index in [9.17, 15) is 8.78 Å². The van der Waals surface area contributed by atoms with Crippen LogP contribution in [0.1, 0.15) is 26.7 Å². The molecule has 0 bridgehead atoms. The highest BCUT2D eigenvalue weighted by Gasteiger charge is 2.30. The predicted octanol–water partition coefficient (Wildman–Crippen LogP) is 4.94. The van der Waals surface area contributed by atoms with E-state index in [0.717, 1.165) is 37.3 Å². The van der Waals surface area contributed by atoms with Crippen molar-refractivity contribution in [2.45, 2.75) is 26.7 Å². The molecule has 0 aromatic heterocycles. The van der Waals surface area contributed by atoms with E-state index >= 15 is 0 Å². The second-order valence-corrected chi connectivity index (χ2v) is 6.36. The van der Waals surface area contributed by atoms with Crippen LogP contribution in [-0.4, -0.2) is 17.5 Å². The Morgan fingerprint density at radius 3 is 2.55 bits per heavy atom. The molecule has 110 valence electrons. The molecule has 1 aliphatic heterocycles. The van der Waals surface area contributed by atoms with Crippen LogP contribution < -0.4 is 5.32 Å². The van der Waals surface area contributed by atoms with Gasteiger partial charge in [0, 0.05) is 18.4 Å². The molecule has 0 saturated carbocycles. The summed E-state index contributed by atoms with van der Waals surface area (Å²) in [5.41, 5.74) is 0.306. The number of hydrogen-bond acceptors (Lipinski definition) is 3. The van der Waals surface area contributed by atoms with Gasteiger partial charge in [0.1, 0.15) is 5.82 Å². The van der Waals surface area contributed by atoms with Crippen LogP contribution in [0.15, 0.2) is 17.1 Å². The van der Waals surface area contributed by atoms with Gasteiger partial charge in [0.05, 0.1) is 10.7 Å². The van der Waals surface area contributed by atoms with Crippen molar-refractivity contribution in [3.63, 3.8) is 0 Å². The Morgan fingerprint density at radius 1 is 1.35 bits per heavy atom. The first-order valence-corrected chi connectivity index (χ1v) is 7.95. The van der Waals surface area contributed by atoms with Gasteiger partial charge in [-0.15, -0.1) is 0 Å². The molecule has 6 heteroatoms. The molecular weight excluding hydrogens is 302 g/mol. The SMILES string of the molecule is CCC1(CC)CN=C(Nc2c(F)cc(F)cc2Cl)SC1. The van der Waals surface area contributed by atoms with Gasteiger partial charge < -0.3 is 5.32 Å². The largest absolute Gasteiger partial charge is 0.331 e. The van der Waals surface area contributed by atoms with Crippen LogP contribution in [0.25, 0.3) is 0 Å². The summed E-state index contributed by atoms with van der Waals surface area (Å²) in [6.07, 6.45) is 2.14. The van der Waals surface area contributed by atoms with E-state index in [1.54, 1.807) is 11.8 Å². The number of anilines is 1. The summed E-state index contributed by atoms with van der Waals surface area (Å²) in [6, 6.07) is 1.90. The number of nitrogens with zero attached hydrogens (tertiary/aromatic N) is 1. The molecule has 1 heterocycles. The van der Waals surface area contributed by atoms with Crippen LogP contribution >= 0.6 is 23.4 Å². The Kier molecular flexibility index (Phi) is 4.91. The molecule has 0 fully saturated rings. The molecule has 1 N–H and O–H groups in total. The molecule has 20 heavy (non-hydrogen) atoms. The lowest BCUT2D eigenvalue weighted by Crippen LogP contribution is -2.32. The summed E-state index contributed by atoms with van der Waals surface area (Å²) >= 11 is 7.41. The van der Waals surface area contributed by atoms with Crippen LogP contribution in [0.2, 0.25) is 5.02 Å². The van der Waals surface area contributed by atoms with Gasteiger partial charge in [-0.3, -0.25) is 4.99 Å². The third-order valence-electron chi connectivity index (χ3n) is 3.81. The van der Waals surface area contributed by atoms with E-state index in [2.05, 4.69) is 24.2 Å². The first-order valence-electron chi connectivity index (χ1n) is 6.58. The second kappa shape index (κ2) is 6.31. The fourth-order valence-corrected chi connectivity index (χ4v) is 3.59. The number of thioether (sulfide) groups is 1. The molecule has 0 amide bonds. The zero-order chi connectivity index (χ0) is 14.8. The highest BCUT2D eigenvalue weighted by molar-refractivity contribution is 8.14. The Hall–Kier alpha value is -0.810. The summed E-state index contributed by atoms with van der Waals surface area (Å²) in [7, 11) is 0. The number of rotatable bonds is 3. The summed E-state index contributed by atoms with van der Waals surface area (Å²) in [5.74, 6) is -0.458. The molecule has 2 nitrogen and oxygen atoms in total. The van der Waals surface area contributed by atoms with Crippen molar-refractivity contribution in [2.75, 3.05) is 17.6 Å². The van der Waals surface area contributed by atoms with E-state index < -0.39 is 11.6 Å². The van der Waals surface area contributed by atoms with Crippen molar-refractivity contribution in [3.8, 4) is 0 Å². The van der Waals surface area contributed by atoms with Crippen molar-refractivity contribution in [1.29, 1.82) is 0 Å². The molecule has 0 aliphatic carbocycles.